The summed E-state index contributed by atoms with van der Waals surface area (Å²) in [6.45, 7) is 6.80. The molecule has 0 bridgehead atoms. The zero-order valence-electron chi connectivity index (χ0n) is 27.5. The van der Waals surface area contributed by atoms with Gasteiger partial charge in [0.25, 0.3) is 0 Å². The molecule has 7 aromatic carbocycles. The van der Waals surface area contributed by atoms with Crippen LogP contribution in [0.5, 0.6) is 0 Å². The number of nitrogens with zero attached hydrogens (tertiary/aromatic N) is 2. The van der Waals surface area contributed by atoms with Crippen LogP contribution >= 0.6 is 0 Å². The average Bonchev–Trinajstić information content (AvgIpc) is 3.64. The number of para-hydroxylation sites is 3. The highest BCUT2D eigenvalue weighted by Gasteiger charge is 2.17. The molecule has 9 aromatic rings. The molecule has 0 aliphatic rings. The van der Waals surface area contributed by atoms with Crippen molar-refractivity contribution in [2.45, 2.75) is 26.2 Å². The standard InChI is InChI=1S/C46H36N2/c1-46(2,3)35-23-18-31(19-24-35)32-20-25-44-40(28-32)41-30-34(22-27-45(41)48(44)37-14-8-5-9-15-37)33-21-26-43-39(29-33)38-16-10-11-17-42(38)47(43)36-12-6-4-7-13-36/h4-30H,1-3H3. The Morgan fingerprint density at radius 1 is 0.333 bits per heavy atom. The molecule has 0 saturated heterocycles. The first-order valence-corrected chi connectivity index (χ1v) is 16.8. The number of rotatable bonds is 4. The minimum atomic E-state index is 0.126. The van der Waals surface area contributed by atoms with Gasteiger partial charge in [-0.3, -0.25) is 0 Å². The summed E-state index contributed by atoms with van der Waals surface area (Å²) in [6, 6.07) is 60.0. The molecule has 0 amide bonds. The molecular weight excluding hydrogens is 581 g/mol. The van der Waals surface area contributed by atoms with E-state index in [1.165, 1.54) is 82.8 Å². The summed E-state index contributed by atoms with van der Waals surface area (Å²) in [7, 11) is 0. The average molecular weight is 617 g/mol. The molecule has 230 valence electrons. The van der Waals surface area contributed by atoms with E-state index in [4.69, 9.17) is 0 Å². The van der Waals surface area contributed by atoms with Gasteiger partial charge in [0, 0.05) is 32.9 Å². The molecule has 0 unspecified atom stereocenters. The lowest BCUT2D eigenvalue weighted by Gasteiger charge is -2.19. The maximum absolute atomic E-state index is 2.40. The Morgan fingerprint density at radius 2 is 0.708 bits per heavy atom. The van der Waals surface area contributed by atoms with Crippen LogP contribution in [-0.4, -0.2) is 9.13 Å². The molecule has 0 fully saturated rings. The van der Waals surface area contributed by atoms with E-state index in [1.54, 1.807) is 0 Å². The lowest BCUT2D eigenvalue weighted by Crippen LogP contribution is -2.10. The van der Waals surface area contributed by atoms with Gasteiger partial charge in [-0.25, -0.2) is 0 Å². The Balaban J connectivity index is 1.24. The van der Waals surface area contributed by atoms with Gasteiger partial charge in [-0.15, -0.1) is 0 Å². The molecular formula is C46H36N2. The van der Waals surface area contributed by atoms with Gasteiger partial charge >= 0.3 is 0 Å². The second-order valence-corrected chi connectivity index (χ2v) is 13.9. The number of benzene rings is 7. The van der Waals surface area contributed by atoms with Crippen molar-refractivity contribution in [3.05, 3.63) is 169 Å². The maximum Gasteiger partial charge on any atom is 0.0541 e. The van der Waals surface area contributed by atoms with Crippen molar-refractivity contribution in [3.8, 4) is 33.6 Å². The van der Waals surface area contributed by atoms with Crippen LogP contribution in [0.15, 0.2) is 164 Å². The van der Waals surface area contributed by atoms with E-state index < -0.39 is 0 Å². The molecule has 0 atom stereocenters. The quantitative estimate of drug-likeness (QED) is 0.186. The molecule has 9 rings (SSSR count). The van der Waals surface area contributed by atoms with E-state index in [0.29, 0.717) is 0 Å². The fraction of sp³-hybridized carbons (Fsp3) is 0.0870. The number of fused-ring (bicyclic) bond motifs is 6. The molecule has 2 heterocycles. The topological polar surface area (TPSA) is 9.86 Å². The van der Waals surface area contributed by atoms with Crippen molar-refractivity contribution in [2.24, 2.45) is 0 Å². The zero-order chi connectivity index (χ0) is 32.4. The minimum absolute atomic E-state index is 0.126. The molecule has 0 aliphatic heterocycles. The minimum Gasteiger partial charge on any atom is -0.309 e. The van der Waals surface area contributed by atoms with E-state index in [0.717, 1.165) is 0 Å². The fourth-order valence-corrected chi connectivity index (χ4v) is 7.41. The first-order chi connectivity index (χ1) is 23.4. The van der Waals surface area contributed by atoms with Gasteiger partial charge in [0.15, 0.2) is 0 Å². The lowest BCUT2D eigenvalue weighted by atomic mass is 9.86. The van der Waals surface area contributed by atoms with Crippen molar-refractivity contribution in [3.63, 3.8) is 0 Å². The largest absolute Gasteiger partial charge is 0.309 e. The van der Waals surface area contributed by atoms with E-state index >= 15 is 0 Å². The van der Waals surface area contributed by atoms with Gasteiger partial charge in [-0.05, 0) is 100.0 Å². The van der Waals surface area contributed by atoms with Crippen LogP contribution in [0.4, 0.5) is 0 Å². The van der Waals surface area contributed by atoms with Crippen molar-refractivity contribution in [2.75, 3.05) is 0 Å². The Kier molecular flexibility index (Phi) is 6.42. The molecule has 2 aromatic heterocycles. The monoisotopic (exact) mass is 616 g/mol. The highest BCUT2D eigenvalue weighted by atomic mass is 15.0. The van der Waals surface area contributed by atoms with E-state index in [1.807, 2.05) is 0 Å². The normalized spacial score (nSPS) is 12.1. The fourth-order valence-electron chi connectivity index (χ4n) is 7.41. The number of hydrogen-bond acceptors (Lipinski definition) is 0. The Hall–Kier alpha value is -5.86. The van der Waals surface area contributed by atoms with Gasteiger partial charge in [-0.2, -0.15) is 0 Å². The lowest BCUT2D eigenvalue weighted by molar-refractivity contribution is 0.590. The SMILES string of the molecule is CC(C)(C)c1ccc(-c2ccc3c(c2)c2cc(-c4ccc5c(c4)c4ccccc4n5-c4ccccc4)ccc2n3-c2ccccc2)cc1. The van der Waals surface area contributed by atoms with Crippen LogP contribution in [0.25, 0.3) is 77.2 Å². The Labute approximate surface area is 281 Å². The van der Waals surface area contributed by atoms with Gasteiger partial charge < -0.3 is 9.13 Å². The second-order valence-electron chi connectivity index (χ2n) is 13.9. The van der Waals surface area contributed by atoms with Crippen molar-refractivity contribution < 1.29 is 0 Å². The number of hydrogen-bond donors (Lipinski definition) is 0. The molecule has 0 radical (unpaired) electrons. The van der Waals surface area contributed by atoms with Gasteiger partial charge in [-0.1, -0.05) is 118 Å². The van der Waals surface area contributed by atoms with Gasteiger partial charge in [0.1, 0.15) is 0 Å². The predicted molar refractivity (Wildman–Crippen MR) is 205 cm³/mol. The predicted octanol–water partition coefficient (Wildman–Crippen LogP) is 12.5. The van der Waals surface area contributed by atoms with Gasteiger partial charge in [0.05, 0.1) is 22.1 Å². The summed E-state index contributed by atoms with van der Waals surface area (Å²) in [5.41, 5.74) is 13.6. The van der Waals surface area contributed by atoms with Crippen LogP contribution in [0.3, 0.4) is 0 Å². The molecule has 2 heteroatoms. The van der Waals surface area contributed by atoms with Crippen LogP contribution < -0.4 is 0 Å². The summed E-state index contributed by atoms with van der Waals surface area (Å²) in [5, 5.41) is 5.04. The zero-order valence-corrected chi connectivity index (χ0v) is 27.5. The van der Waals surface area contributed by atoms with Crippen LogP contribution in [0.2, 0.25) is 0 Å². The second kappa shape index (κ2) is 10.9. The van der Waals surface area contributed by atoms with Crippen molar-refractivity contribution in [1.82, 2.24) is 9.13 Å². The Bertz CT molecular complexity index is 2610. The molecule has 2 nitrogen and oxygen atoms in total. The molecule has 0 spiro atoms. The molecule has 0 saturated carbocycles. The third-order valence-electron chi connectivity index (χ3n) is 9.88. The molecule has 0 aliphatic carbocycles. The maximum atomic E-state index is 2.40. The smallest absolute Gasteiger partial charge is 0.0541 e. The highest BCUT2D eigenvalue weighted by Crippen LogP contribution is 2.39. The third-order valence-corrected chi connectivity index (χ3v) is 9.88. The molecule has 48 heavy (non-hydrogen) atoms. The van der Waals surface area contributed by atoms with Gasteiger partial charge in [0.2, 0.25) is 0 Å². The Morgan fingerprint density at radius 3 is 1.19 bits per heavy atom. The summed E-state index contributed by atoms with van der Waals surface area (Å²) in [6.07, 6.45) is 0. The van der Waals surface area contributed by atoms with E-state index in [9.17, 15) is 0 Å². The van der Waals surface area contributed by atoms with Crippen LogP contribution in [0.1, 0.15) is 26.3 Å². The summed E-state index contributed by atoms with van der Waals surface area (Å²) in [5.74, 6) is 0. The summed E-state index contributed by atoms with van der Waals surface area (Å²) in [4.78, 5) is 0. The van der Waals surface area contributed by atoms with Crippen molar-refractivity contribution >= 4 is 43.6 Å². The first kappa shape index (κ1) is 28.4. The van der Waals surface area contributed by atoms with Crippen molar-refractivity contribution in [1.29, 1.82) is 0 Å². The van der Waals surface area contributed by atoms with Crippen LogP contribution in [-0.2, 0) is 5.41 Å². The summed E-state index contributed by atoms with van der Waals surface area (Å²) < 4.78 is 4.78. The molecule has 0 N–H and O–H groups in total. The summed E-state index contributed by atoms with van der Waals surface area (Å²) >= 11 is 0. The first-order valence-electron chi connectivity index (χ1n) is 16.8. The van der Waals surface area contributed by atoms with Crippen LogP contribution in [0, 0.1) is 0 Å². The van der Waals surface area contributed by atoms with E-state index in [2.05, 4.69) is 194 Å². The highest BCUT2D eigenvalue weighted by molar-refractivity contribution is 6.13. The number of aromatic nitrogens is 2. The van der Waals surface area contributed by atoms with E-state index in [-0.39, 0.29) is 5.41 Å². The third kappa shape index (κ3) is 4.56.